The summed E-state index contributed by atoms with van der Waals surface area (Å²) in [5.41, 5.74) is -0.0829. The number of carbonyl (C=O) groups is 1. The lowest BCUT2D eigenvalue weighted by atomic mass is 10.1. The summed E-state index contributed by atoms with van der Waals surface area (Å²) in [6.07, 6.45) is 2.07. The summed E-state index contributed by atoms with van der Waals surface area (Å²) in [5, 5.41) is 5.84. The third kappa shape index (κ3) is 2.99. The van der Waals surface area contributed by atoms with Gasteiger partial charge in [0.15, 0.2) is 10.8 Å². The van der Waals surface area contributed by atoms with E-state index in [0.29, 0.717) is 26.1 Å². The predicted molar refractivity (Wildman–Crippen MR) is 77.2 cm³/mol. The molecule has 0 radical (unpaired) electrons. The number of hydrogen-bond acceptors (Lipinski definition) is 7. The number of piperidine rings is 1. The highest BCUT2D eigenvalue weighted by Gasteiger charge is 2.43. The van der Waals surface area contributed by atoms with Gasteiger partial charge in [-0.05, 0) is 6.92 Å². The second-order valence-electron chi connectivity index (χ2n) is 5.34. The van der Waals surface area contributed by atoms with Gasteiger partial charge in [-0.15, -0.1) is 0 Å². The van der Waals surface area contributed by atoms with Crippen LogP contribution >= 0.6 is 0 Å². The van der Waals surface area contributed by atoms with Crippen molar-refractivity contribution in [1.29, 1.82) is 0 Å². The summed E-state index contributed by atoms with van der Waals surface area (Å²) in [6, 6.07) is 0. The molecule has 10 heteroatoms. The zero-order valence-electron chi connectivity index (χ0n) is 12.8. The van der Waals surface area contributed by atoms with Crippen molar-refractivity contribution in [1.82, 2.24) is 14.5 Å². The van der Waals surface area contributed by atoms with E-state index in [1.54, 1.807) is 6.92 Å². The second-order valence-corrected chi connectivity index (χ2v) is 7.22. The molecule has 3 rings (SSSR count). The Morgan fingerprint density at radius 1 is 1.39 bits per heavy atom. The molecule has 0 aliphatic carbocycles. The molecule has 0 saturated carbocycles. The first-order valence-corrected chi connectivity index (χ1v) is 8.91. The van der Waals surface area contributed by atoms with Gasteiger partial charge in [0.25, 0.3) is 10.0 Å². The Morgan fingerprint density at radius 3 is 2.65 bits per heavy atom. The van der Waals surface area contributed by atoms with E-state index in [2.05, 4.69) is 10.2 Å². The lowest BCUT2D eigenvalue weighted by Crippen LogP contribution is -2.47. The van der Waals surface area contributed by atoms with Crippen molar-refractivity contribution in [2.45, 2.75) is 30.6 Å². The van der Waals surface area contributed by atoms with E-state index < -0.39 is 21.8 Å². The maximum Gasteiger partial charge on any atom is 0.342 e. The molecule has 0 amide bonds. The Hall–Kier alpha value is -1.49. The van der Waals surface area contributed by atoms with Crippen LogP contribution < -0.4 is 0 Å². The van der Waals surface area contributed by atoms with Crippen LogP contribution in [0.25, 0.3) is 0 Å². The highest BCUT2D eigenvalue weighted by Crippen LogP contribution is 2.33. The summed E-state index contributed by atoms with van der Waals surface area (Å²) in [7, 11) is -3.86. The molecule has 0 unspecified atom stereocenters. The van der Waals surface area contributed by atoms with Gasteiger partial charge >= 0.3 is 5.97 Å². The first-order chi connectivity index (χ1) is 11.0. The fourth-order valence-corrected chi connectivity index (χ4v) is 4.31. The van der Waals surface area contributed by atoms with Gasteiger partial charge in [-0.1, -0.05) is 0 Å². The highest BCUT2D eigenvalue weighted by atomic mass is 32.2. The summed E-state index contributed by atoms with van der Waals surface area (Å²) in [6.45, 7) is 3.37. The minimum Gasteiger partial charge on any atom is -0.462 e. The van der Waals surface area contributed by atoms with Crippen molar-refractivity contribution in [3.63, 3.8) is 0 Å². The van der Waals surface area contributed by atoms with Crippen LogP contribution in [-0.2, 0) is 24.2 Å². The highest BCUT2D eigenvalue weighted by molar-refractivity contribution is 7.89. The summed E-state index contributed by atoms with van der Waals surface area (Å²) >= 11 is 0. The summed E-state index contributed by atoms with van der Waals surface area (Å²) in [4.78, 5) is 11.9. The van der Waals surface area contributed by atoms with Gasteiger partial charge in [0.05, 0.1) is 26.0 Å². The van der Waals surface area contributed by atoms with E-state index in [0.717, 1.165) is 0 Å². The molecule has 1 aromatic heterocycles. The number of H-pyrrole nitrogens is 1. The topological polar surface area (TPSA) is 111 Å². The van der Waals surface area contributed by atoms with Crippen LogP contribution in [-0.4, -0.2) is 67.6 Å². The Bertz CT molecular complexity index is 670. The summed E-state index contributed by atoms with van der Waals surface area (Å²) in [5.74, 6) is -1.37. The summed E-state index contributed by atoms with van der Waals surface area (Å²) < 4.78 is 42.8. The van der Waals surface area contributed by atoms with E-state index in [4.69, 9.17) is 14.2 Å². The molecule has 0 aromatic carbocycles. The first-order valence-electron chi connectivity index (χ1n) is 7.47. The van der Waals surface area contributed by atoms with Crippen molar-refractivity contribution in [3.05, 3.63) is 11.8 Å². The van der Waals surface area contributed by atoms with Crippen LogP contribution in [0, 0.1) is 0 Å². The number of ether oxygens (including phenoxy) is 3. The molecule has 0 atom stereocenters. The van der Waals surface area contributed by atoms with Gasteiger partial charge in [-0.25, -0.2) is 13.2 Å². The van der Waals surface area contributed by atoms with Gasteiger partial charge in [0, 0.05) is 25.9 Å². The van der Waals surface area contributed by atoms with Gasteiger partial charge in [0.2, 0.25) is 0 Å². The lowest BCUT2D eigenvalue weighted by Gasteiger charge is -2.36. The van der Waals surface area contributed by atoms with Gasteiger partial charge < -0.3 is 14.2 Å². The Kier molecular flexibility index (Phi) is 4.41. The van der Waals surface area contributed by atoms with Crippen LogP contribution in [0.3, 0.4) is 0 Å². The Labute approximate surface area is 133 Å². The quantitative estimate of drug-likeness (QED) is 0.771. The number of rotatable bonds is 4. The van der Waals surface area contributed by atoms with Crippen LogP contribution in [0.15, 0.2) is 11.2 Å². The molecule has 1 spiro atoms. The monoisotopic (exact) mass is 345 g/mol. The zero-order chi connectivity index (χ0) is 16.5. The number of aromatic nitrogens is 2. The van der Waals surface area contributed by atoms with E-state index in [1.165, 1.54) is 10.5 Å². The van der Waals surface area contributed by atoms with Crippen LogP contribution in [0.2, 0.25) is 0 Å². The largest absolute Gasteiger partial charge is 0.462 e. The van der Waals surface area contributed by atoms with Crippen molar-refractivity contribution in [2.24, 2.45) is 0 Å². The third-order valence-electron chi connectivity index (χ3n) is 4.00. The Morgan fingerprint density at radius 2 is 2.04 bits per heavy atom. The molecular weight excluding hydrogens is 326 g/mol. The molecule has 23 heavy (non-hydrogen) atoms. The molecule has 128 valence electrons. The van der Waals surface area contributed by atoms with Crippen molar-refractivity contribution < 1.29 is 27.4 Å². The number of sulfonamides is 1. The average molecular weight is 345 g/mol. The first kappa shape index (κ1) is 16.4. The number of nitrogens with zero attached hydrogens (tertiary/aromatic N) is 2. The number of esters is 1. The van der Waals surface area contributed by atoms with Crippen LogP contribution in [0.1, 0.15) is 30.1 Å². The maximum absolute atomic E-state index is 12.7. The van der Waals surface area contributed by atoms with Crippen LogP contribution in [0.4, 0.5) is 0 Å². The second kappa shape index (κ2) is 6.19. The van der Waals surface area contributed by atoms with Gasteiger partial charge in [-0.3, -0.25) is 5.10 Å². The molecule has 2 aliphatic rings. The molecule has 3 heterocycles. The fourth-order valence-electron chi connectivity index (χ4n) is 2.81. The molecule has 0 bridgehead atoms. The van der Waals surface area contributed by atoms with Crippen molar-refractivity contribution in [3.8, 4) is 0 Å². The molecule has 2 aliphatic heterocycles. The lowest BCUT2D eigenvalue weighted by molar-refractivity contribution is -0.179. The minimum absolute atomic E-state index is 0.0829. The standard InChI is InChI=1S/C13H19N3O6S/c1-2-20-12(17)10-9-14-15-11(10)23(18,19)16-5-3-13(4-6-16)21-7-8-22-13/h9H,2-8H2,1H3,(H,14,15). The van der Waals surface area contributed by atoms with E-state index in [1.807, 2.05) is 0 Å². The average Bonchev–Trinajstić information content (AvgIpc) is 3.18. The van der Waals surface area contributed by atoms with E-state index in [-0.39, 0.29) is 30.3 Å². The fraction of sp³-hybridized carbons (Fsp3) is 0.692. The normalized spacial score (nSPS) is 21.6. The maximum atomic E-state index is 12.7. The molecular formula is C13H19N3O6S. The third-order valence-corrected chi connectivity index (χ3v) is 5.87. The van der Waals surface area contributed by atoms with Crippen LogP contribution in [0.5, 0.6) is 0 Å². The SMILES string of the molecule is CCOC(=O)c1cn[nH]c1S(=O)(=O)N1CCC2(CC1)OCCO2. The number of hydrogen-bond donors (Lipinski definition) is 1. The smallest absolute Gasteiger partial charge is 0.342 e. The van der Waals surface area contributed by atoms with E-state index in [9.17, 15) is 13.2 Å². The zero-order valence-corrected chi connectivity index (χ0v) is 13.6. The predicted octanol–water partition coefficient (Wildman–Crippen LogP) is 0.114. The molecule has 9 nitrogen and oxygen atoms in total. The number of aromatic amines is 1. The van der Waals surface area contributed by atoms with E-state index >= 15 is 0 Å². The molecule has 1 aromatic rings. The minimum atomic E-state index is -3.86. The Balaban J connectivity index is 1.78. The number of nitrogens with one attached hydrogen (secondary N) is 1. The van der Waals surface area contributed by atoms with Crippen molar-refractivity contribution >= 4 is 16.0 Å². The van der Waals surface area contributed by atoms with Gasteiger partial charge in [0.1, 0.15) is 5.56 Å². The van der Waals surface area contributed by atoms with Crippen molar-refractivity contribution in [2.75, 3.05) is 32.9 Å². The number of carbonyl (C=O) groups excluding carboxylic acids is 1. The molecule has 1 N–H and O–H groups in total. The molecule has 2 saturated heterocycles. The van der Waals surface area contributed by atoms with Gasteiger partial charge in [-0.2, -0.15) is 9.40 Å². The molecule has 2 fully saturated rings.